The molecule has 110 valence electrons. The Morgan fingerprint density at radius 3 is 2.29 bits per heavy atom. The monoisotopic (exact) mass is 297 g/mol. The van der Waals surface area contributed by atoms with Crippen molar-refractivity contribution in [2.75, 3.05) is 0 Å². The Kier molecular flexibility index (Phi) is 3.86. The van der Waals surface area contributed by atoms with Crippen molar-refractivity contribution in [2.45, 2.75) is 18.3 Å². The molecule has 0 spiro atoms. The number of alkyl halides is 3. The summed E-state index contributed by atoms with van der Waals surface area (Å²) in [5, 5.41) is 4.29. The van der Waals surface area contributed by atoms with Gasteiger partial charge in [-0.15, -0.1) is 0 Å². The number of nitrogens with one attached hydrogen (secondary N) is 2. The van der Waals surface area contributed by atoms with Gasteiger partial charge >= 0.3 is 12.2 Å². The van der Waals surface area contributed by atoms with Crippen LogP contribution in [0.1, 0.15) is 17.2 Å². The Morgan fingerprint density at radius 1 is 1.19 bits per heavy atom. The van der Waals surface area contributed by atoms with Gasteiger partial charge in [-0.25, -0.2) is 4.79 Å². The van der Waals surface area contributed by atoms with Crippen LogP contribution in [0.5, 0.6) is 0 Å². The Labute approximate surface area is 117 Å². The zero-order valence-electron chi connectivity index (χ0n) is 10.5. The van der Waals surface area contributed by atoms with Crippen molar-refractivity contribution < 1.29 is 22.8 Å². The summed E-state index contributed by atoms with van der Waals surface area (Å²) in [6, 6.07) is 1.51. The minimum atomic E-state index is -4.51. The molecule has 0 aliphatic carbocycles. The molecule has 0 aromatic heterocycles. The lowest BCUT2D eigenvalue weighted by Gasteiger charge is -2.15. The summed E-state index contributed by atoms with van der Waals surface area (Å²) in [5.41, 5.74) is 5.39. The van der Waals surface area contributed by atoms with Gasteiger partial charge in [-0.3, -0.25) is 10.1 Å². The summed E-state index contributed by atoms with van der Waals surface area (Å²) < 4.78 is 37.3. The second kappa shape index (κ2) is 5.46. The van der Waals surface area contributed by atoms with Crippen LogP contribution in [0.25, 0.3) is 0 Å². The van der Waals surface area contributed by atoms with E-state index in [4.69, 9.17) is 5.73 Å². The first-order chi connectivity index (χ1) is 9.77. The van der Waals surface area contributed by atoms with Crippen molar-refractivity contribution in [3.63, 3.8) is 0 Å². The molecule has 1 aliphatic rings. The van der Waals surface area contributed by atoms with Gasteiger partial charge in [0, 0.05) is 5.56 Å². The van der Waals surface area contributed by atoms with Crippen LogP contribution in [-0.2, 0) is 4.79 Å². The zero-order valence-corrected chi connectivity index (χ0v) is 10.5. The number of benzene rings is 1. The van der Waals surface area contributed by atoms with E-state index in [1.54, 1.807) is 0 Å². The lowest BCUT2D eigenvalue weighted by molar-refractivity contribution is -0.149. The van der Waals surface area contributed by atoms with E-state index in [0.717, 1.165) is 0 Å². The fourth-order valence-electron chi connectivity index (χ4n) is 1.64. The quantitative estimate of drug-likeness (QED) is 0.530. The van der Waals surface area contributed by atoms with Gasteiger partial charge in [0.05, 0.1) is 0 Å². The highest BCUT2D eigenvalue weighted by atomic mass is 19.4. The first-order valence-corrected chi connectivity index (χ1v) is 5.82. The molecule has 1 heterocycles. The zero-order chi connectivity index (χ0) is 15.6. The third-order valence-electron chi connectivity index (χ3n) is 2.76. The molecule has 4 N–H and O–H groups in total. The van der Waals surface area contributed by atoms with E-state index in [1.807, 2.05) is 5.32 Å². The van der Waals surface area contributed by atoms with Crippen molar-refractivity contribution in [3.05, 3.63) is 35.4 Å². The van der Waals surface area contributed by atoms with Crippen LogP contribution in [0.4, 0.5) is 18.0 Å². The summed E-state index contributed by atoms with van der Waals surface area (Å²) in [6.07, 6.45) is -4.51. The van der Waals surface area contributed by atoms with Gasteiger partial charge in [0.15, 0.2) is 6.04 Å². The van der Waals surface area contributed by atoms with Gasteiger partial charge in [-0.2, -0.15) is 13.2 Å². The third-order valence-corrected chi connectivity index (χ3v) is 2.76. The van der Waals surface area contributed by atoms with Crippen LogP contribution < -0.4 is 16.4 Å². The third kappa shape index (κ3) is 3.52. The van der Waals surface area contributed by atoms with Gasteiger partial charge in [0.25, 0.3) is 5.91 Å². The van der Waals surface area contributed by atoms with E-state index in [2.05, 4.69) is 17.2 Å². The lowest BCUT2D eigenvalue weighted by atomic mass is 10.1. The molecule has 2 rings (SSSR count). The first kappa shape index (κ1) is 14.9. The maximum absolute atomic E-state index is 12.4. The average Bonchev–Trinajstić information content (AvgIpc) is 2.73. The summed E-state index contributed by atoms with van der Waals surface area (Å²) >= 11 is 0. The largest absolute Gasteiger partial charge is 0.407 e. The lowest BCUT2D eigenvalue weighted by Crippen LogP contribution is -2.28. The number of amides is 3. The summed E-state index contributed by atoms with van der Waals surface area (Å²) in [4.78, 5) is 22.1. The first-order valence-electron chi connectivity index (χ1n) is 5.82. The summed E-state index contributed by atoms with van der Waals surface area (Å²) in [7, 11) is 0. The number of carbonyl (C=O) groups excluding carboxylic acids is 2. The fourth-order valence-corrected chi connectivity index (χ4v) is 1.64. The van der Waals surface area contributed by atoms with Crippen molar-refractivity contribution in [1.82, 2.24) is 10.6 Å². The molecule has 5 nitrogen and oxygen atoms in total. The second-order valence-corrected chi connectivity index (χ2v) is 4.31. The van der Waals surface area contributed by atoms with E-state index < -0.39 is 30.2 Å². The Bertz CT molecular complexity index is 629. The molecule has 0 radical (unpaired) electrons. The molecular weight excluding hydrogens is 287 g/mol. The number of rotatable bonds is 1. The predicted molar refractivity (Wildman–Crippen MR) is 66.8 cm³/mol. The minimum absolute atomic E-state index is 0.0834. The molecule has 1 fully saturated rings. The Morgan fingerprint density at radius 2 is 1.81 bits per heavy atom. The van der Waals surface area contributed by atoms with E-state index in [1.165, 1.54) is 24.3 Å². The number of urea groups is 1. The van der Waals surface area contributed by atoms with Gasteiger partial charge in [0.2, 0.25) is 0 Å². The van der Waals surface area contributed by atoms with Gasteiger partial charge in [-0.1, -0.05) is 24.0 Å². The number of hydrogen-bond acceptors (Lipinski definition) is 3. The molecule has 2 atom stereocenters. The molecule has 1 aliphatic heterocycles. The van der Waals surface area contributed by atoms with Crippen LogP contribution in [0.2, 0.25) is 0 Å². The molecule has 0 saturated carbocycles. The Hall–Kier alpha value is -2.53. The molecule has 3 amide bonds. The SMILES string of the molecule is NC(c1ccc(C#CC2NC(=O)NC2=O)cc1)C(F)(F)F. The number of hydrogen-bond donors (Lipinski definition) is 3. The van der Waals surface area contributed by atoms with E-state index >= 15 is 0 Å². The molecule has 2 unspecified atom stereocenters. The number of nitrogens with two attached hydrogens (primary N) is 1. The maximum Gasteiger partial charge on any atom is 0.407 e. The van der Waals surface area contributed by atoms with Crippen LogP contribution in [-0.4, -0.2) is 24.2 Å². The number of halogens is 3. The summed E-state index contributed by atoms with van der Waals surface area (Å²) in [6.45, 7) is 0. The molecule has 21 heavy (non-hydrogen) atoms. The molecule has 1 aromatic rings. The highest BCUT2D eigenvalue weighted by Crippen LogP contribution is 2.30. The minimum Gasteiger partial charge on any atom is -0.316 e. The number of imide groups is 1. The van der Waals surface area contributed by atoms with Crippen LogP contribution >= 0.6 is 0 Å². The van der Waals surface area contributed by atoms with E-state index in [-0.39, 0.29) is 5.56 Å². The smallest absolute Gasteiger partial charge is 0.316 e. The highest BCUT2D eigenvalue weighted by molar-refractivity contribution is 6.05. The van der Waals surface area contributed by atoms with Gasteiger partial charge in [0.1, 0.15) is 6.04 Å². The Balaban J connectivity index is 2.11. The van der Waals surface area contributed by atoms with E-state index in [9.17, 15) is 22.8 Å². The molecular formula is C13H10F3N3O2. The second-order valence-electron chi connectivity index (χ2n) is 4.31. The standard InChI is InChI=1S/C13H10F3N3O2/c14-13(15,16)10(17)8-4-1-7(2-5-8)3-6-9-11(20)19-12(21)18-9/h1-2,4-5,9-10H,17H2,(H2,18,19,20,21). The molecule has 0 bridgehead atoms. The van der Waals surface area contributed by atoms with Crippen LogP contribution in [0.3, 0.4) is 0 Å². The van der Waals surface area contributed by atoms with E-state index in [0.29, 0.717) is 5.56 Å². The van der Waals surface area contributed by atoms with Crippen molar-refractivity contribution in [2.24, 2.45) is 5.73 Å². The predicted octanol–water partition coefficient (Wildman–Crippen LogP) is 0.808. The van der Waals surface area contributed by atoms with Crippen LogP contribution in [0.15, 0.2) is 24.3 Å². The highest BCUT2D eigenvalue weighted by Gasteiger charge is 2.37. The van der Waals surface area contributed by atoms with Crippen molar-refractivity contribution in [3.8, 4) is 11.8 Å². The van der Waals surface area contributed by atoms with Crippen molar-refractivity contribution >= 4 is 11.9 Å². The normalized spacial score (nSPS) is 19.3. The average molecular weight is 297 g/mol. The molecule has 8 heteroatoms. The van der Waals surface area contributed by atoms with Gasteiger partial charge < -0.3 is 11.1 Å². The van der Waals surface area contributed by atoms with Crippen LogP contribution in [0, 0.1) is 11.8 Å². The topological polar surface area (TPSA) is 84.2 Å². The molecule has 1 saturated heterocycles. The fraction of sp³-hybridized carbons (Fsp3) is 0.231. The maximum atomic E-state index is 12.4. The van der Waals surface area contributed by atoms with Crippen molar-refractivity contribution in [1.29, 1.82) is 0 Å². The summed E-state index contributed by atoms with van der Waals surface area (Å²) in [5.74, 6) is 4.54. The van der Waals surface area contributed by atoms with Gasteiger partial charge in [-0.05, 0) is 17.7 Å². The molecule has 1 aromatic carbocycles. The number of carbonyl (C=O) groups is 2.